The Kier molecular flexibility index (Phi) is 12.7. The first-order valence-corrected chi connectivity index (χ1v) is 16.7. The zero-order chi connectivity index (χ0) is 35.0. The van der Waals surface area contributed by atoms with Crippen LogP contribution in [0.5, 0.6) is 0 Å². The van der Waals surface area contributed by atoms with Crippen LogP contribution in [0.25, 0.3) is 0 Å². The number of ketones is 1. The quantitative estimate of drug-likeness (QED) is 0.301. The normalized spacial score (nSPS) is 32.0. The fourth-order valence-electron chi connectivity index (χ4n) is 6.49. The van der Waals surface area contributed by atoms with Gasteiger partial charge < -0.3 is 39.8 Å². The number of aryl methyl sites for hydroxylation is 1. The predicted octanol–water partition coefficient (Wildman–Crippen LogP) is 0.483. The number of aliphatic hydroxyl groups is 1. The SMILES string of the molecule is CO[C@H]1C[C@@H]2CC[C@@H](C)[C@@](O)(O2)C(=O)C(=O)N2CCCC[C@@H]2C(=O)N[C@H](CCc2ccccc2)C(=O)NCC(=O)N(C)CC(=O)O[C@H]1C. The van der Waals surface area contributed by atoms with Crippen molar-refractivity contribution in [1.29, 1.82) is 0 Å². The average Bonchev–Trinajstić information content (AvgIpc) is 3.08. The monoisotopic (exact) mass is 672 g/mol. The van der Waals surface area contributed by atoms with E-state index in [-0.39, 0.29) is 25.8 Å². The Hall–Kier alpha value is -3.88. The van der Waals surface area contributed by atoms with Crippen LogP contribution in [-0.4, -0.2) is 120 Å². The molecule has 1 aromatic carbocycles. The number of benzene rings is 1. The summed E-state index contributed by atoms with van der Waals surface area (Å²) in [5.74, 6) is -7.89. The molecule has 3 N–H and O–H groups in total. The van der Waals surface area contributed by atoms with Gasteiger partial charge in [0.2, 0.25) is 23.5 Å². The second-order valence-corrected chi connectivity index (χ2v) is 13.0. The number of Topliss-reactive ketones (excluding diaryl/α,β-unsaturated/α-hetero) is 1. The van der Waals surface area contributed by atoms with E-state index in [0.29, 0.717) is 32.1 Å². The average molecular weight is 673 g/mol. The highest BCUT2D eigenvalue weighted by Gasteiger charge is 2.53. The fraction of sp³-hybridized carbons (Fsp3) is 0.647. The first kappa shape index (κ1) is 36.9. The zero-order valence-corrected chi connectivity index (χ0v) is 28.1. The highest BCUT2D eigenvalue weighted by atomic mass is 16.6. The van der Waals surface area contributed by atoms with Gasteiger partial charge in [-0.25, -0.2) is 0 Å². The molecule has 4 amide bonds. The van der Waals surface area contributed by atoms with Crippen LogP contribution in [0.1, 0.15) is 64.4 Å². The smallest absolute Gasteiger partial charge is 0.325 e. The summed E-state index contributed by atoms with van der Waals surface area (Å²) in [4.78, 5) is 82.6. The summed E-state index contributed by atoms with van der Waals surface area (Å²) in [6.07, 6.45) is 0.760. The number of piperidine rings is 1. The number of ether oxygens (including phenoxy) is 3. The summed E-state index contributed by atoms with van der Waals surface area (Å²) >= 11 is 0. The van der Waals surface area contributed by atoms with Gasteiger partial charge in [-0.2, -0.15) is 0 Å². The summed E-state index contributed by atoms with van der Waals surface area (Å²) in [5, 5.41) is 16.9. The molecule has 14 heteroatoms. The Labute approximate surface area is 280 Å². The number of hydrogen-bond acceptors (Lipinski definition) is 10. The number of nitrogens with zero attached hydrogens (tertiary/aromatic N) is 2. The molecule has 0 aromatic heterocycles. The van der Waals surface area contributed by atoms with Crippen molar-refractivity contribution in [1.82, 2.24) is 20.4 Å². The van der Waals surface area contributed by atoms with E-state index in [2.05, 4.69) is 10.6 Å². The van der Waals surface area contributed by atoms with E-state index in [0.717, 1.165) is 15.4 Å². The van der Waals surface area contributed by atoms with Crippen molar-refractivity contribution in [2.75, 3.05) is 33.8 Å². The molecule has 14 nitrogen and oxygen atoms in total. The third kappa shape index (κ3) is 8.97. The molecule has 264 valence electrons. The summed E-state index contributed by atoms with van der Waals surface area (Å²) in [6.45, 7) is 2.51. The van der Waals surface area contributed by atoms with Crippen LogP contribution in [0.2, 0.25) is 0 Å². The van der Waals surface area contributed by atoms with Crippen LogP contribution < -0.4 is 10.6 Å². The Morgan fingerprint density at radius 3 is 2.44 bits per heavy atom. The van der Waals surface area contributed by atoms with Gasteiger partial charge in [0.15, 0.2) is 0 Å². The zero-order valence-electron chi connectivity index (χ0n) is 28.1. The number of nitrogens with one attached hydrogen (secondary N) is 2. The first-order valence-electron chi connectivity index (χ1n) is 16.7. The minimum atomic E-state index is -2.45. The van der Waals surface area contributed by atoms with Gasteiger partial charge in [0.05, 0.1) is 18.8 Å². The van der Waals surface area contributed by atoms with Crippen molar-refractivity contribution in [2.24, 2.45) is 5.92 Å². The van der Waals surface area contributed by atoms with Gasteiger partial charge in [0.25, 0.3) is 11.7 Å². The first-order chi connectivity index (χ1) is 22.8. The lowest BCUT2D eigenvalue weighted by Gasteiger charge is -2.43. The standard InChI is InChI=1S/C34H48N4O10/c1-21-13-15-24-18-27(46-4)22(2)47-29(40)20-37(3)28(39)19-35-31(42)25(16-14-23-10-6-5-7-11-23)36-32(43)26-12-8-9-17-38(26)33(44)30(41)34(21,45)48-24/h5-7,10-11,21-22,24-27,45H,8-9,12-20H2,1-4H3,(H,35,42)(H,36,43)/t21-,22+,24+,25-,26-,27+,34-/m1/s1. The van der Waals surface area contributed by atoms with Crippen LogP contribution in [0.4, 0.5) is 0 Å². The minimum Gasteiger partial charge on any atom is -0.459 e. The molecule has 0 radical (unpaired) electrons. The van der Waals surface area contributed by atoms with E-state index < -0.39 is 90.6 Å². The second kappa shape index (κ2) is 16.5. The summed E-state index contributed by atoms with van der Waals surface area (Å²) in [7, 11) is 2.83. The molecule has 3 heterocycles. The largest absolute Gasteiger partial charge is 0.459 e. The highest BCUT2D eigenvalue weighted by Crippen LogP contribution is 2.36. The maximum absolute atomic E-state index is 13.8. The van der Waals surface area contributed by atoms with E-state index in [1.165, 1.54) is 14.2 Å². The van der Waals surface area contributed by atoms with E-state index in [1.807, 2.05) is 30.3 Å². The van der Waals surface area contributed by atoms with Crippen molar-refractivity contribution in [2.45, 2.75) is 101 Å². The molecule has 4 rings (SSSR count). The molecule has 7 atom stereocenters. The lowest BCUT2D eigenvalue weighted by atomic mass is 9.85. The molecule has 1 aromatic rings. The topological polar surface area (TPSA) is 181 Å². The molecule has 48 heavy (non-hydrogen) atoms. The van der Waals surface area contributed by atoms with Gasteiger partial charge in [-0.15, -0.1) is 0 Å². The van der Waals surface area contributed by atoms with Crippen LogP contribution in [0.15, 0.2) is 30.3 Å². The molecule has 0 saturated carbocycles. The third-order valence-corrected chi connectivity index (χ3v) is 9.56. The third-order valence-electron chi connectivity index (χ3n) is 9.56. The lowest BCUT2D eigenvalue weighted by Crippen LogP contribution is -2.62. The molecule has 3 fully saturated rings. The maximum atomic E-state index is 13.8. The van der Waals surface area contributed by atoms with Gasteiger partial charge in [0.1, 0.15) is 24.7 Å². The number of cyclic esters (lactones) is 1. The van der Waals surface area contributed by atoms with Crippen molar-refractivity contribution >= 4 is 35.4 Å². The van der Waals surface area contributed by atoms with E-state index >= 15 is 0 Å². The number of amides is 4. The van der Waals surface area contributed by atoms with E-state index in [1.54, 1.807) is 13.8 Å². The van der Waals surface area contributed by atoms with Crippen molar-refractivity contribution in [3.8, 4) is 0 Å². The number of carbonyl (C=O) groups is 6. The molecule has 3 aliphatic rings. The number of esters is 1. The maximum Gasteiger partial charge on any atom is 0.325 e. The van der Waals surface area contributed by atoms with Crippen LogP contribution >= 0.6 is 0 Å². The van der Waals surface area contributed by atoms with Gasteiger partial charge in [-0.3, -0.25) is 28.8 Å². The number of rotatable bonds is 4. The number of carbonyl (C=O) groups excluding carboxylic acids is 6. The van der Waals surface area contributed by atoms with Gasteiger partial charge in [-0.1, -0.05) is 37.3 Å². The summed E-state index contributed by atoms with van der Waals surface area (Å²) < 4.78 is 17.1. The minimum absolute atomic E-state index is 0.104. The Morgan fingerprint density at radius 1 is 1.00 bits per heavy atom. The molecule has 2 bridgehead atoms. The number of hydrogen-bond donors (Lipinski definition) is 3. The fourth-order valence-corrected chi connectivity index (χ4v) is 6.49. The number of methoxy groups -OCH3 is 1. The molecule has 0 unspecified atom stereocenters. The summed E-state index contributed by atoms with van der Waals surface area (Å²) in [5.41, 5.74) is 0.925. The van der Waals surface area contributed by atoms with Crippen LogP contribution in [0, 0.1) is 5.92 Å². The van der Waals surface area contributed by atoms with Crippen LogP contribution in [-0.2, 0) is 49.4 Å². The second-order valence-electron chi connectivity index (χ2n) is 13.0. The number of likely N-dealkylation sites (N-methyl/N-ethyl adjacent to an activating group) is 1. The van der Waals surface area contributed by atoms with Gasteiger partial charge >= 0.3 is 5.97 Å². The Morgan fingerprint density at radius 2 is 1.73 bits per heavy atom. The molecular formula is C34H48N4O10. The molecular weight excluding hydrogens is 624 g/mol. The molecule has 3 saturated heterocycles. The Bertz CT molecular complexity index is 1340. The molecule has 0 spiro atoms. The highest BCUT2D eigenvalue weighted by molar-refractivity contribution is 6.39. The van der Waals surface area contributed by atoms with Crippen molar-refractivity contribution in [3.63, 3.8) is 0 Å². The lowest BCUT2D eigenvalue weighted by molar-refractivity contribution is -0.267. The van der Waals surface area contributed by atoms with E-state index in [4.69, 9.17) is 14.2 Å². The van der Waals surface area contributed by atoms with E-state index in [9.17, 15) is 33.9 Å². The molecule has 0 aliphatic carbocycles. The summed E-state index contributed by atoms with van der Waals surface area (Å²) in [6, 6.07) is 7.20. The van der Waals surface area contributed by atoms with Crippen molar-refractivity contribution in [3.05, 3.63) is 35.9 Å². The van der Waals surface area contributed by atoms with Crippen LogP contribution in [0.3, 0.4) is 0 Å². The van der Waals surface area contributed by atoms with Crippen molar-refractivity contribution < 1.29 is 48.1 Å². The Balaban J connectivity index is 1.64. The predicted molar refractivity (Wildman–Crippen MR) is 171 cm³/mol. The molecule has 3 aliphatic heterocycles. The van der Waals surface area contributed by atoms with Gasteiger partial charge in [-0.05, 0) is 57.4 Å². The van der Waals surface area contributed by atoms with Gasteiger partial charge in [0, 0.05) is 33.0 Å². The number of fused-ring (bicyclic) bond motifs is 3.